The normalized spacial score (nSPS) is 16.0. The van der Waals surface area contributed by atoms with E-state index < -0.39 is 0 Å². The Morgan fingerprint density at radius 1 is 1.33 bits per heavy atom. The molecule has 74 valence electrons. The number of nitrogens with one attached hydrogen (secondary N) is 1. The van der Waals surface area contributed by atoms with E-state index in [1.165, 1.54) is 18.6 Å². The first-order valence-electron chi connectivity index (χ1n) is 4.94. The molecule has 0 spiro atoms. The lowest BCUT2D eigenvalue weighted by Gasteiger charge is -2.20. The quantitative estimate of drug-likeness (QED) is 0.661. The fraction of sp³-hybridized carbons (Fsp3) is 1.00. The summed E-state index contributed by atoms with van der Waals surface area (Å²) in [5, 5.41) is 3.53. The van der Waals surface area contributed by atoms with E-state index in [4.69, 9.17) is 0 Å². The van der Waals surface area contributed by atoms with Gasteiger partial charge in [-0.3, -0.25) is 0 Å². The highest BCUT2D eigenvalue weighted by atomic mass is 32.2. The summed E-state index contributed by atoms with van der Waals surface area (Å²) in [6.07, 6.45) is 4.75. The fourth-order valence-corrected chi connectivity index (χ4v) is 1.73. The highest BCUT2D eigenvalue weighted by Crippen LogP contribution is 2.10. The Morgan fingerprint density at radius 2 is 2.00 bits per heavy atom. The topological polar surface area (TPSA) is 12.0 Å². The SMILES string of the molecule is CCCNC(C)C(C)CCSC. The summed E-state index contributed by atoms with van der Waals surface area (Å²) in [5.41, 5.74) is 0. The summed E-state index contributed by atoms with van der Waals surface area (Å²) < 4.78 is 0. The average Bonchev–Trinajstić information content (AvgIpc) is 2.10. The number of hydrogen-bond acceptors (Lipinski definition) is 2. The molecule has 0 amide bonds. The summed E-state index contributed by atoms with van der Waals surface area (Å²) in [6.45, 7) is 8.00. The molecule has 0 aromatic rings. The molecule has 0 heterocycles. The molecule has 0 aliphatic carbocycles. The van der Waals surface area contributed by atoms with Crippen LogP contribution in [0.2, 0.25) is 0 Å². The molecule has 1 N–H and O–H groups in total. The Hall–Kier alpha value is 0.310. The van der Waals surface area contributed by atoms with Crippen LogP contribution in [-0.4, -0.2) is 24.6 Å². The third kappa shape index (κ3) is 5.90. The van der Waals surface area contributed by atoms with Gasteiger partial charge in [-0.05, 0) is 44.2 Å². The van der Waals surface area contributed by atoms with E-state index in [0.717, 1.165) is 12.5 Å². The van der Waals surface area contributed by atoms with E-state index in [9.17, 15) is 0 Å². The maximum absolute atomic E-state index is 3.53. The van der Waals surface area contributed by atoms with Crippen molar-refractivity contribution in [2.45, 2.75) is 39.7 Å². The first-order valence-corrected chi connectivity index (χ1v) is 6.34. The molecular formula is C10H23NS. The minimum Gasteiger partial charge on any atom is -0.314 e. The number of hydrogen-bond donors (Lipinski definition) is 1. The standard InChI is InChI=1S/C10H23NS/c1-5-7-11-10(3)9(2)6-8-12-4/h9-11H,5-8H2,1-4H3. The van der Waals surface area contributed by atoms with Crippen molar-refractivity contribution in [2.24, 2.45) is 5.92 Å². The molecule has 0 rings (SSSR count). The second-order valence-corrected chi connectivity index (χ2v) is 4.49. The highest BCUT2D eigenvalue weighted by molar-refractivity contribution is 7.98. The van der Waals surface area contributed by atoms with Crippen LogP contribution < -0.4 is 5.32 Å². The van der Waals surface area contributed by atoms with Crippen molar-refractivity contribution in [1.82, 2.24) is 5.32 Å². The van der Waals surface area contributed by atoms with E-state index in [2.05, 4.69) is 32.3 Å². The molecule has 0 aromatic heterocycles. The molecule has 0 bridgehead atoms. The van der Waals surface area contributed by atoms with Gasteiger partial charge in [0.1, 0.15) is 0 Å². The molecule has 0 aliphatic heterocycles. The molecule has 0 aromatic carbocycles. The van der Waals surface area contributed by atoms with E-state index in [1.807, 2.05) is 11.8 Å². The molecule has 0 radical (unpaired) electrons. The van der Waals surface area contributed by atoms with Crippen LogP contribution in [0.3, 0.4) is 0 Å². The van der Waals surface area contributed by atoms with E-state index in [0.29, 0.717) is 6.04 Å². The maximum Gasteiger partial charge on any atom is 0.00646 e. The zero-order valence-corrected chi connectivity index (χ0v) is 9.71. The molecule has 2 atom stereocenters. The van der Waals surface area contributed by atoms with Crippen molar-refractivity contribution in [2.75, 3.05) is 18.6 Å². The van der Waals surface area contributed by atoms with Gasteiger partial charge in [0.15, 0.2) is 0 Å². The first kappa shape index (κ1) is 12.3. The van der Waals surface area contributed by atoms with Crippen LogP contribution in [0.15, 0.2) is 0 Å². The molecule has 1 nitrogen and oxygen atoms in total. The van der Waals surface area contributed by atoms with Gasteiger partial charge in [-0.2, -0.15) is 11.8 Å². The summed E-state index contributed by atoms with van der Waals surface area (Å²) in [5.74, 6) is 2.10. The van der Waals surface area contributed by atoms with Gasteiger partial charge in [-0.25, -0.2) is 0 Å². The van der Waals surface area contributed by atoms with Gasteiger partial charge in [0.05, 0.1) is 0 Å². The average molecular weight is 189 g/mol. The van der Waals surface area contributed by atoms with Gasteiger partial charge in [0.25, 0.3) is 0 Å². The lowest BCUT2D eigenvalue weighted by atomic mass is 10.0. The third-order valence-electron chi connectivity index (χ3n) is 2.35. The van der Waals surface area contributed by atoms with Gasteiger partial charge in [-0.1, -0.05) is 13.8 Å². The Labute approximate surface area is 81.7 Å². The lowest BCUT2D eigenvalue weighted by Crippen LogP contribution is -2.32. The maximum atomic E-state index is 3.53. The summed E-state index contributed by atoms with van der Waals surface area (Å²) in [4.78, 5) is 0. The van der Waals surface area contributed by atoms with Crippen molar-refractivity contribution in [1.29, 1.82) is 0 Å². The zero-order valence-electron chi connectivity index (χ0n) is 8.89. The van der Waals surface area contributed by atoms with Crippen LogP contribution in [0.5, 0.6) is 0 Å². The second-order valence-electron chi connectivity index (χ2n) is 3.50. The minimum absolute atomic E-state index is 0.678. The molecule has 2 unspecified atom stereocenters. The molecule has 2 heteroatoms. The van der Waals surface area contributed by atoms with Gasteiger partial charge >= 0.3 is 0 Å². The summed E-state index contributed by atoms with van der Waals surface area (Å²) in [6, 6.07) is 0.678. The highest BCUT2D eigenvalue weighted by Gasteiger charge is 2.09. The van der Waals surface area contributed by atoms with Gasteiger partial charge in [-0.15, -0.1) is 0 Å². The Balaban J connectivity index is 3.39. The van der Waals surface area contributed by atoms with Crippen molar-refractivity contribution >= 4 is 11.8 Å². The molecular weight excluding hydrogens is 166 g/mol. The van der Waals surface area contributed by atoms with Crippen LogP contribution in [0, 0.1) is 5.92 Å². The molecule has 0 fully saturated rings. The summed E-state index contributed by atoms with van der Waals surface area (Å²) in [7, 11) is 0. The molecule has 0 saturated carbocycles. The Bertz CT molecular complexity index is 83.8. The lowest BCUT2D eigenvalue weighted by molar-refractivity contribution is 0.394. The predicted octanol–water partition coefficient (Wildman–Crippen LogP) is 2.76. The van der Waals surface area contributed by atoms with Crippen molar-refractivity contribution in [3.8, 4) is 0 Å². The van der Waals surface area contributed by atoms with Crippen LogP contribution in [-0.2, 0) is 0 Å². The van der Waals surface area contributed by atoms with Crippen LogP contribution in [0.25, 0.3) is 0 Å². The first-order chi connectivity index (χ1) is 5.72. The van der Waals surface area contributed by atoms with Crippen LogP contribution in [0.1, 0.15) is 33.6 Å². The van der Waals surface area contributed by atoms with E-state index >= 15 is 0 Å². The second kappa shape index (κ2) is 7.93. The van der Waals surface area contributed by atoms with Crippen LogP contribution in [0.4, 0.5) is 0 Å². The Kier molecular flexibility index (Phi) is 8.14. The smallest absolute Gasteiger partial charge is 0.00646 e. The Morgan fingerprint density at radius 3 is 2.50 bits per heavy atom. The number of rotatable bonds is 7. The fourth-order valence-electron chi connectivity index (χ4n) is 1.13. The third-order valence-corrected chi connectivity index (χ3v) is 2.99. The van der Waals surface area contributed by atoms with E-state index in [1.54, 1.807) is 0 Å². The van der Waals surface area contributed by atoms with Gasteiger partial charge in [0, 0.05) is 6.04 Å². The predicted molar refractivity (Wildman–Crippen MR) is 59.9 cm³/mol. The molecule has 0 saturated heterocycles. The van der Waals surface area contributed by atoms with E-state index in [-0.39, 0.29) is 0 Å². The largest absolute Gasteiger partial charge is 0.314 e. The van der Waals surface area contributed by atoms with Crippen molar-refractivity contribution in [3.63, 3.8) is 0 Å². The van der Waals surface area contributed by atoms with Crippen molar-refractivity contribution in [3.05, 3.63) is 0 Å². The van der Waals surface area contributed by atoms with Crippen LogP contribution >= 0.6 is 11.8 Å². The van der Waals surface area contributed by atoms with Gasteiger partial charge in [0.2, 0.25) is 0 Å². The minimum atomic E-state index is 0.678. The molecule has 0 aliphatic rings. The monoisotopic (exact) mass is 189 g/mol. The number of thioether (sulfide) groups is 1. The van der Waals surface area contributed by atoms with Gasteiger partial charge < -0.3 is 5.32 Å². The summed E-state index contributed by atoms with van der Waals surface area (Å²) >= 11 is 1.94. The molecule has 12 heavy (non-hydrogen) atoms. The van der Waals surface area contributed by atoms with Crippen molar-refractivity contribution < 1.29 is 0 Å². The zero-order chi connectivity index (χ0) is 9.40.